The van der Waals surface area contributed by atoms with Gasteiger partial charge in [-0.1, -0.05) is 34.1 Å². The molecule has 5 rings (SSSR count). The summed E-state index contributed by atoms with van der Waals surface area (Å²) in [7, 11) is 0. The Hall–Kier alpha value is -1.29. The van der Waals surface area contributed by atoms with E-state index in [1.807, 2.05) is 6.07 Å². The molecule has 1 N–H and O–H groups in total. The third-order valence-corrected chi connectivity index (χ3v) is 10.8. The van der Waals surface area contributed by atoms with Gasteiger partial charge in [-0.25, -0.2) is 0 Å². The van der Waals surface area contributed by atoms with Crippen LogP contribution in [0.2, 0.25) is 0 Å². The van der Waals surface area contributed by atoms with Gasteiger partial charge < -0.3 is 14.3 Å². The molecule has 3 saturated carbocycles. The molecular formula is C27H40O4. The van der Waals surface area contributed by atoms with Gasteiger partial charge in [-0.2, -0.15) is 0 Å². The highest BCUT2D eigenvalue weighted by Gasteiger charge is 2.69. The first-order valence-corrected chi connectivity index (χ1v) is 12.4. The van der Waals surface area contributed by atoms with Crippen molar-refractivity contribution in [2.24, 2.45) is 34.0 Å². The topological polar surface area (TPSA) is 59.7 Å². The molecule has 0 aliphatic heterocycles. The van der Waals surface area contributed by atoms with Gasteiger partial charge in [-0.05, 0) is 85.5 Å². The molecule has 0 aromatic carbocycles. The Bertz CT molecular complexity index is 886. The number of aliphatic hydroxyl groups is 1. The monoisotopic (exact) mass is 428 g/mol. The molecule has 4 aliphatic rings. The zero-order valence-electron chi connectivity index (χ0n) is 20.2. The average Bonchev–Trinajstić information content (AvgIpc) is 3.16. The van der Waals surface area contributed by atoms with Crippen LogP contribution >= 0.6 is 0 Å². The molecule has 4 nitrogen and oxygen atoms in total. The van der Waals surface area contributed by atoms with Crippen LogP contribution in [0.25, 0.3) is 0 Å². The summed E-state index contributed by atoms with van der Waals surface area (Å²) in [4.78, 5) is 12.2. The van der Waals surface area contributed by atoms with Gasteiger partial charge in [0.05, 0.1) is 17.8 Å². The fourth-order valence-electron chi connectivity index (χ4n) is 9.57. The van der Waals surface area contributed by atoms with Crippen LogP contribution in [0.4, 0.5) is 0 Å². The maximum absolute atomic E-state index is 12.2. The number of ether oxygens (including phenoxy) is 1. The average molecular weight is 429 g/mol. The second-order valence-electron chi connectivity index (χ2n) is 12.6. The van der Waals surface area contributed by atoms with Gasteiger partial charge in [0.2, 0.25) is 0 Å². The van der Waals surface area contributed by atoms with E-state index in [2.05, 4.69) is 34.6 Å². The lowest BCUT2D eigenvalue weighted by atomic mass is 9.35. The van der Waals surface area contributed by atoms with Crippen LogP contribution in [0.1, 0.15) is 104 Å². The van der Waals surface area contributed by atoms with Gasteiger partial charge >= 0.3 is 5.97 Å². The van der Waals surface area contributed by atoms with Gasteiger partial charge in [0, 0.05) is 12.5 Å². The lowest BCUT2D eigenvalue weighted by Gasteiger charge is -2.69. The first-order valence-electron chi connectivity index (χ1n) is 12.4. The number of hydrogen-bond acceptors (Lipinski definition) is 4. The van der Waals surface area contributed by atoms with Crippen LogP contribution < -0.4 is 0 Å². The number of rotatable bonds is 1. The minimum absolute atomic E-state index is 0.0928. The molecule has 0 spiro atoms. The van der Waals surface area contributed by atoms with E-state index in [1.165, 1.54) is 39.0 Å². The smallest absolute Gasteiger partial charge is 0.302 e. The van der Waals surface area contributed by atoms with E-state index in [0.717, 1.165) is 24.2 Å². The summed E-state index contributed by atoms with van der Waals surface area (Å²) in [5, 5.41) is 11.1. The minimum atomic E-state index is -0.506. The molecule has 3 fully saturated rings. The van der Waals surface area contributed by atoms with Crippen molar-refractivity contribution in [3.05, 3.63) is 23.7 Å². The van der Waals surface area contributed by atoms with E-state index in [1.54, 1.807) is 6.26 Å². The molecule has 0 amide bonds. The molecule has 4 aliphatic carbocycles. The molecule has 31 heavy (non-hydrogen) atoms. The second-order valence-corrected chi connectivity index (χ2v) is 12.6. The van der Waals surface area contributed by atoms with Gasteiger partial charge in [0.15, 0.2) is 0 Å². The Balaban J connectivity index is 1.66. The molecule has 1 aromatic rings. The highest BCUT2D eigenvalue weighted by Crippen LogP contribution is 2.73. The highest BCUT2D eigenvalue weighted by molar-refractivity contribution is 5.66. The summed E-state index contributed by atoms with van der Waals surface area (Å²) in [6.07, 6.45) is 8.85. The molecule has 172 valence electrons. The lowest BCUT2D eigenvalue weighted by Crippen LogP contribution is -2.67. The molecule has 0 bridgehead atoms. The van der Waals surface area contributed by atoms with Crippen molar-refractivity contribution in [3.63, 3.8) is 0 Å². The number of fused-ring (bicyclic) bond motifs is 7. The normalized spacial score (nSPS) is 48.0. The predicted octanol–water partition coefficient (Wildman–Crippen LogP) is 6.17. The summed E-state index contributed by atoms with van der Waals surface area (Å²) in [6, 6.07) is 1.91. The molecule has 0 radical (unpaired) electrons. The minimum Gasteiger partial charge on any atom is -0.468 e. The van der Waals surface area contributed by atoms with Crippen LogP contribution in [0.3, 0.4) is 0 Å². The summed E-state index contributed by atoms with van der Waals surface area (Å²) in [6.45, 7) is 13.7. The molecule has 8 unspecified atom stereocenters. The Morgan fingerprint density at radius 2 is 1.74 bits per heavy atom. The summed E-state index contributed by atoms with van der Waals surface area (Å²) in [5.74, 6) is 2.03. The van der Waals surface area contributed by atoms with Gasteiger partial charge in [0.25, 0.3) is 0 Å². The SMILES string of the molecule is CC(=O)OC1CC2C3(C)CCCC(C)(C)C3CCC2(C)C2CC(O)c3ccoc3C12C. The van der Waals surface area contributed by atoms with Crippen molar-refractivity contribution in [2.45, 2.75) is 104 Å². The van der Waals surface area contributed by atoms with E-state index in [-0.39, 0.29) is 28.8 Å². The van der Waals surface area contributed by atoms with E-state index in [9.17, 15) is 9.90 Å². The van der Waals surface area contributed by atoms with Crippen LogP contribution in [0.5, 0.6) is 0 Å². The Kier molecular flexibility index (Phi) is 4.60. The van der Waals surface area contributed by atoms with E-state index >= 15 is 0 Å². The quantitative estimate of drug-likeness (QED) is 0.543. The largest absolute Gasteiger partial charge is 0.468 e. The molecule has 1 heterocycles. The van der Waals surface area contributed by atoms with Crippen molar-refractivity contribution in [2.75, 3.05) is 0 Å². The Labute approximate surface area is 187 Å². The number of carbonyl (C=O) groups is 1. The molecule has 4 heteroatoms. The molecule has 0 saturated heterocycles. The van der Waals surface area contributed by atoms with E-state index in [4.69, 9.17) is 9.15 Å². The fourth-order valence-corrected chi connectivity index (χ4v) is 9.57. The summed E-state index contributed by atoms with van der Waals surface area (Å²) < 4.78 is 12.2. The second kappa shape index (κ2) is 6.62. The van der Waals surface area contributed by atoms with E-state index < -0.39 is 11.5 Å². The third kappa shape index (κ3) is 2.72. The number of esters is 1. The van der Waals surface area contributed by atoms with Crippen LogP contribution in [0.15, 0.2) is 16.7 Å². The maximum Gasteiger partial charge on any atom is 0.302 e. The first kappa shape index (κ1) is 21.6. The lowest BCUT2D eigenvalue weighted by molar-refractivity contribution is -0.223. The number of carbonyl (C=O) groups excluding carboxylic acids is 1. The van der Waals surface area contributed by atoms with Crippen molar-refractivity contribution >= 4 is 5.97 Å². The zero-order chi connectivity index (χ0) is 22.4. The van der Waals surface area contributed by atoms with Gasteiger partial charge in [-0.15, -0.1) is 0 Å². The third-order valence-electron chi connectivity index (χ3n) is 10.8. The number of aliphatic hydroxyl groups excluding tert-OH is 1. The van der Waals surface area contributed by atoms with Crippen molar-refractivity contribution in [1.82, 2.24) is 0 Å². The Morgan fingerprint density at radius 3 is 2.45 bits per heavy atom. The van der Waals surface area contributed by atoms with Crippen molar-refractivity contribution < 1.29 is 19.1 Å². The summed E-state index contributed by atoms with van der Waals surface area (Å²) in [5.41, 5.74) is 1.17. The Morgan fingerprint density at radius 1 is 1.03 bits per heavy atom. The number of furan rings is 1. The van der Waals surface area contributed by atoms with Crippen LogP contribution in [0, 0.1) is 34.0 Å². The van der Waals surface area contributed by atoms with Crippen LogP contribution in [-0.2, 0) is 14.9 Å². The zero-order valence-corrected chi connectivity index (χ0v) is 20.2. The predicted molar refractivity (Wildman–Crippen MR) is 119 cm³/mol. The maximum atomic E-state index is 12.2. The standard InChI is InChI=1S/C27H40O4/c1-16(28)31-22-15-20-25(4)11-7-10-24(2,3)19(25)8-12-26(20,5)21-14-18(29)17-9-13-30-23(17)27(21,22)6/h9,13,18-22,29H,7-8,10-12,14-15H2,1-6H3. The molecule has 1 aromatic heterocycles. The van der Waals surface area contributed by atoms with Crippen molar-refractivity contribution in [1.29, 1.82) is 0 Å². The first-order chi connectivity index (χ1) is 14.4. The van der Waals surface area contributed by atoms with Gasteiger partial charge in [-0.3, -0.25) is 4.79 Å². The highest BCUT2D eigenvalue weighted by atomic mass is 16.5. The fraction of sp³-hybridized carbons (Fsp3) is 0.815. The van der Waals surface area contributed by atoms with Crippen molar-refractivity contribution in [3.8, 4) is 0 Å². The molecular weight excluding hydrogens is 388 g/mol. The summed E-state index contributed by atoms with van der Waals surface area (Å²) >= 11 is 0. The molecule has 8 atom stereocenters. The van der Waals surface area contributed by atoms with E-state index in [0.29, 0.717) is 17.3 Å². The van der Waals surface area contributed by atoms with Crippen LogP contribution in [-0.4, -0.2) is 17.2 Å². The number of hydrogen-bond donors (Lipinski definition) is 1. The van der Waals surface area contributed by atoms with Gasteiger partial charge in [0.1, 0.15) is 11.9 Å².